The van der Waals surface area contributed by atoms with Crippen LogP contribution in [-0.4, -0.2) is 61.1 Å². The molecule has 27 heavy (non-hydrogen) atoms. The van der Waals surface area contributed by atoms with Crippen LogP contribution in [0.1, 0.15) is 5.56 Å². The number of carbonyl (C=O) groups excluding carboxylic acids is 3. The van der Waals surface area contributed by atoms with Crippen LogP contribution >= 0.6 is 0 Å². The average Bonchev–Trinajstić information content (AvgIpc) is 2.71. The van der Waals surface area contributed by atoms with Crippen molar-refractivity contribution in [1.29, 1.82) is 0 Å². The van der Waals surface area contributed by atoms with Crippen LogP contribution in [0, 0.1) is 0 Å². The number of benzene rings is 1. The van der Waals surface area contributed by atoms with Gasteiger partial charge in [-0.25, -0.2) is 9.28 Å². The van der Waals surface area contributed by atoms with Crippen LogP contribution in [0.15, 0.2) is 60.8 Å². The van der Waals surface area contributed by atoms with Gasteiger partial charge in [-0.3, -0.25) is 9.80 Å². The molecule has 0 aromatic heterocycles. The summed E-state index contributed by atoms with van der Waals surface area (Å²) in [5.41, 5.74) is 3.79. The molecule has 0 bridgehead atoms. The molecule has 0 fully saturated rings. The van der Waals surface area contributed by atoms with E-state index in [0.29, 0.717) is 12.8 Å². The molecule has 0 saturated heterocycles. The monoisotopic (exact) mass is 370 g/mol. The summed E-state index contributed by atoms with van der Waals surface area (Å²) in [6.07, 6.45) is 10.9. The summed E-state index contributed by atoms with van der Waals surface area (Å²) in [6, 6.07) is 9.37. The summed E-state index contributed by atoms with van der Waals surface area (Å²) in [5, 5.41) is 1.19. The van der Waals surface area contributed by atoms with Gasteiger partial charge in [0.2, 0.25) is 0 Å². The first kappa shape index (κ1) is 20.4. The number of hydrogen-bond donors (Lipinski definition) is 1. The van der Waals surface area contributed by atoms with E-state index in [1.807, 2.05) is 42.5 Å². The zero-order valence-corrected chi connectivity index (χ0v) is 15.3. The van der Waals surface area contributed by atoms with Crippen molar-refractivity contribution in [3.63, 3.8) is 0 Å². The molecule has 1 aromatic rings. The molecule has 142 valence electrons. The van der Waals surface area contributed by atoms with Crippen molar-refractivity contribution in [1.82, 2.24) is 10.4 Å². The second-order valence-corrected chi connectivity index (χ2v) is 5.99. The molecule has 0 radical (unpaired) electrons. The molecule has 1 atom stereocenters. The molecule has 0 saturated carbocycles. The Labute approximate surface area is 158 Å². The fourth-order valence-electron chi connectivity index (χ4n) is 2.59. The van der Waals surface area contributed by atoms with Crippen molar-refractivity contribution in [2.24, 2.45) is 0 Å². The second-order valence-electron chi connectivity index (χ2n) is 5.99. The van der Waals surface area contributed by atoms with Gasteiger partial charge in [0.25, 0.3) is 5.91 Å². The zero-order chi connectivity index (χ0) is 19.5. The van der Waals surface area contributed by atoms with E-state index in [1.54, 1.807) is 18.4 Å². The molecule has 1 unspecified atom stereocenters. The molecule has 0 spiro atoms. The Morgan fingerprint density at radius 2 is 2.04 bits per heavy atom. The number of rotatable bonds is 9. The first-order valence-electron chi connectivity index (χ1n) is 8.56. The quantitative estimate of drug-likeness (QED) is 0.307. The normalized spacial score (nSPS) is 18.6. The second kappa shape index (κ2) is 10.3. The van der Waals surface area contributed by atoms with Gasteiger partial charge in [-0.2, -0.15) is 5.43 Å². The minimum Gasteiger partial charge on any atom is -0.370 e. The lowest BCUT2D eigenvalue weighted by atomic mass is 10.2. The highest BCUT2D eigenvalue weighted by molar-refractivity contribution is 5.92. The van der Waals surface area contributed by atoms with E-state index in [-0.39, 0.29) is 36.1 Å². The Morgan fingerprint density at radius 1 is 1.26 bits per heavy atom. The van der Waals surface area contributed by atoms with Gasteiger partial charge < -0.3 is 9.53 Å². The molecule has 0 aliphatic carbocycles. The highest BCUT2D eigenvalue weighted by Gasteiger charge is 2.35. The zero-order valence-electron chi connectivity index (χ0n) is 15.3. The SMILES string of the molecule is COCC(=O)[N+]1(CNN(CC=O)C(=O)/C=C/c2ccccc2)C=CC=CC1. The molecule has 1 aromatic carbocycles. The van der Waals surface area contributed by atoms with Crippen LogP contribution in [0.2, 0.25) is 0 Å². The minimum absolute atomic E-state index is 0.0462. The van der Waals surface area contributed by atoms with Crippen molar-refractivity contribution in [3.8, 4) is 0 Å². The maximum atomic E-state index is 12.5. The number of methoxy groups -OCH3 is 1. The number of carbonyl (C=O) groups is 3. The number of hydrogen-bond acceptors (Lipinski definition) is 5. The van der Waals surface area contributed by atoms with E-state index in [4.69, 9.17) is 4.74 Å². The first-order valence-corrected chi connectivity index (χ1v) is 8.56. The topological polar surface area (TPSA) is 75.7 Å². The number of nitrogens with one attached hydrogen (secondary N) is 1. The number of ether oxygens (including phenoxy) is 1. The van der Waals surface area contributed by atoms with E-state index in [0.717, 1.165) is 5.56 Å². The summed E-state index contributed by atoms with van der Waals surface area (Å²) in [4.78, 5) is 35.9. The lowest BCUT2D eigenvalue weighted by Crippen LogP contribution is -2.59. The maximum absolute atomic E-state index is 12.5. The molecular formula is C20H24N3O4+. The highest BCUT2D eigenvalue weighted by Crippen LogP contribution is 2.13. The molecule has 1 heterocycles. The third-order valence-electron chi connectivity index (χ3n) is 4.10. The van der Waals surface area contributed by atoms with Crippen LogP contribution in [0.25, 0.3) is 6.08 Å². The van der Waals surface area contributed by atoms with Crippen molar-refractivity contribution in [2.45, 2.75) is 0 Å². The van der Waals surface area contributed by atoms with E-state index in [2.05, 4.69) is 5.43 Å². The number of nitrogens with zero attached hydrogens (tertiary/aromatic N) is 2. The molecular weight excluding hydrogens is 346 g/mol. The van der Waals surface area contributed by atoms with Gasteiger partial charge in [0.1, 0.15) is 19.0 Å². The van der Waals surface area contributed by atoms with Crippen LogP contribution in [0.3, 0.4) is 0 Å². The lowest BCUT2D eigenvalue weighted by Gasteiger charge is -2.34. The molecule has 2 rings (SSSR count). The number of allylic oxidation sites excluding steroid dienone is 2. The van der Waals surface area contributed by atoms with Crippen molar-refractivity contribution in [2.75, 3.05) is 33.5 Å². The summed E-state index contributed by atoms with van der Waals surface area (Å²) in [7, 11) is 1.46. The van der Waals surface area contributed by atoms with Gasteiger partial charge in [0.05, 0.1) is 6.54 Å². The summed E-state index contributed by atoms with van der Waals surface area (Å²) >= 11 is 0. The van der Waals surface area contributed by atoms with Crippen LogP contribution in [0.5, 0.6) is 0 Å². The summed E-state index contributed by atoms with van der Waals surface area (Å²) < 4.78 is 4.93. The number of aldehydes is 1. The molecule has 7 nitrogen and oxygen atoms in total. The Bertz CT molecular complexity index is 743. The van der Waals surface area contributed by atoms with Gasteiger partial charge in [0.15, 0.2) is 13.3 Å². The van der Waals surface area contributed by atoms with Crippen LogP contribution in [0.4, 0.5) is 0 Å². The Balaban J connectivity index is 2.07. The molecule has 1 aliphatic heterocycles. The van der Waals surface area contributed by atoms with Gasteiger partial charge >= 0.3 is 5.91 Å². The van der Waals surface area contributed by atoms with E-state index in [1.165, 1.54) is 18.2 Å². The fraction of sp³-hybridized carbons (Fsp3) is 0.250. The lowest BCUT2D eigenvalue weighted by molar-refractivity contribution is -0.803. The van der Waals surface area contributed by atoms with Crippen molar-refractivity contribution >= 4 is 24.2 Å². The summed E-state index contributed by atoms with van der Waals surface area (Å²) in [5.74, 6) is -0.524. The smallest absolute Gasteiger partial charge is 0.345 e. The number of hydrazine groups is 1. The minimum atomic E-state index is -0.375. The van der Waals surface area contributed by atoms with Crippen molar-refractivity contribution < 1.29 is 23.6 Å². The molecule has 2 amide bonds. The average molecular weight is 370 g/mol. The van der Waals surface area contributed by atoms with Crippen LogP contribution in [-0.2, 0) is 19.1 Å². The highest BCUT2D eigenvalue weighted by atomic mass is 16.5. The Kier molecular flexibility index (Phi) is 7.81. The fourth-order valence-corrected chi connectivity index (χ4v) is 2.59. The molecule has 1 aliphatic rings. The first-order chi connectivity index (χ1) is 13.1. The number of amides is 2. The molecule has 1 N–H and O–H groups in total. The van der Waals surface area contributed by atoms with Gasteiger partial charge in [-0.05, 0) is 23.8 Å². The van der Waals surface area contributed by atoms with E-state index in [9.17, 15) is 14.4 Å². The van der Waals surface area contributed by atoms with E-state index >= 15 is 0 Å². The van der Waals surface area contributed by atoms with Gasteiger partial charge in [-0.15, -0.1) is 0 Å². The Morgan fingerprint density at radius 3 is 2.67 bits per heavy atom. The van der Waals surface area contributed by atoms with Crippen molar-refractivity contribution in [3.05, 3.63) is 66.4 Å². The van der Waals surface area contributed by atoms with Gasteiger partial charge in [-0.1, -0.05) is 36.4 Å². The molecule has 7 heteroatoms. The Hall–Kier alpha value is -2.87. The maximum Gasteiger partial charge on any atom is 0.345 e. The van der Waals surface area contributed by atoms with E-state index < -0.39 is 0 Å². The largest absolute Gasteiger partial charge is 0.370 e. The van der Waals surface area contributed by atoms with Crippen LogP contribution < -0.4 is 5.43 Å². The third kappa shape index (κ3) is 5.82. The van der Waals surface area contributed by atoms with Gasteiger partial charge in [0, 0.05) is 13.2 Å². The third-order valence-corrected chi connectivity index (χ3v) is 4.10. The summed E-state index contributed by atoms with van der Waals surface area (Å²) in [6.45, 7) is 0.391. The predicted octanol–water partition coefficient (Wildman–Crippen LogP) is 1.26. The predicted molar refractivity (Wildman–Crippen MR) is 102 cm³/mol. The standard InChI is InChI=1S/C20H24N3O4/c1-27-16-20(26)23(13-6-3-7-14-23)17-21-22(12-15-24)19(25)11-10-18-8-4-2-5-9-18/h2-11,13,15,21H,12,14,16-17H2,1H3/q+1/b11-10+. The number of quaternary nitrogens is 1.